The first-order chi connectivity index (χ1) is 11.6. The first kappa shape index (κ1) is 16.2. The Bertz CT molecular complexity index is 816. The van der Waals surface area contributed by atoms with E-state index in [-0.39, 0.29) is 29.9 Å². The van der Waals surface area contributed by atoms with E-state index in [1.807, 2.05) is 17.5 Å². The van der Waals surface area contributed by atoms with Crippen molar-refractivity contribution >= 4 is 17.2 Å². The Morgan fingerprint density at radius 3 is 2.58 bits per heavy atom. The van der Waals surface area contributed by atoms with Gasteiger partial charge in [0, 0.05) is 4.88 Å². The van der Waals surface area contributed by atoms with Gasteiger partial charge >= 0.3 is 0 Å². The Morgan fingerprint density at radius 1 is 1.12 bits per heavy atom. The van der Waals surface area contributed by atoms with Crippen LogP contribution in [0, 0.1) is 5.82 Å². The SMILES string of the molecule is O=C(Cc1cccc(O)c1)NC(c1ccc(F)cc1)c1cccs1. The summed E-state index contributed by atoms with van der Waals surface area (Å²) in [5.74, 6) is -0.341. The van der Waals surface area contributed by atoms with Gasteiger partial charge in [0.15, 0.2) is 0 Å². The number of aromatic hydroxyl groups is 1. The Morgan fingerprint density at radius 2 is 1.92 bits per heavy atom. The van der Waals surface area contributed by atoms with Gasteiger partial charge < -0.3 is 10.4 Å². The molecule has 0 fully saturated rings. The summed E-state index contributed by atoms with van der Waals surface area (Å²) in [6, 6.07) is 16.3. The molecule has 3 rings (SSSR count). The van der Waals surface area contributed by atoms with Crippen LogP contribution in [-0.4, -0.2) is 11.0 Å². The van der Waals surface area contributed by atoms with E-state index < -0.39 is 0 Å². The van der Waals surface area contributed by atoms with Crippen molar-refractivity contribution in [2.45, 2.75) is 12.5 Å². The molecule has 122 valence electrons. The van der Waals surface area contributed by atoms with Gasteiger partial charge in [-0.05, 0) is 46.8 Å². The zero-order valence-electron chi connectivity index (χ0n) is 12.8. The molecule has 5 heteroatoms. The number of carbonyl (C=O) groups excluding carboxylic acids is 1. The summed E-state index contributed by atoms with van der Waals surface area (Å²) in [6.45, 7) is 0. The van der Waals surface area contributed by atoms with Crippen LogP contribution in [0.3, 0.4) is 0 Å². The molecule has 3 aromatic rings. The van der Waals surface area contributed by atoms with Crippen molar-refractivity contribution in [3.8, 4) is 5.75 Å². The lowest BCUT2D eigenvalue weighted by Gasteiger charge is -2.18. The number of amides is 1. The molecule has 1 heterocycles. The lowest BCUT2D eigenvalue weighted by atomic mass is 10.0. The molecule has 2 N–H and O–H groups in total. The highest BCUT2D eigenvalue weighted by atomic mass is 32.1. The number of carbonyl (C=O) groups is 1. The second-order valence-electron chi connectivity index (χ2n) is 5.41. The minimum atomic E-state index is -0.324. The average Bonchev–Trinajstić information content (AvgIpc) is 3.08. The van der Waals surface area contributed by atoms with Gasteiger partial charge in [0.05, 0.1) is 12.5 Å². The van der Waals surface area contributed by atoms with Crippen molar-refractivity contribution in [3.05, 3.63) is 87.9 Å². The lowest BCUT2D eigenvalue weighted by Crippen LogP contribution is -2.30. The van der Waals surface area contributed by atoms with E-state index in [0.717, 1.165) is 16.0 Å². The molecule has 1 unspecified atom stereocenters. The molecule has 2 aromatic carbocycles. The van der Waals surface area contributed by atoms with Crippen molar-refractivity contribution in [3.63, 3.8) is 0 Å². The summed E-state index contributed by atoms with van der Waals surface area (Å²) in [7, 11) is 0. The molecule has 0 saturated carbocycles. The molecule has 1 amide bonds. The van der Waals surface area contributed by atoms with Crippen LogP contribution in [-0.2, 0) is 11.2 Å². The maximum Gasteiger partial charge on any atom is 0.225 e. The maximum absolute atomic E-state index is 13.2. The van der Waals surface area contributed by atoms with Crippen LogP contribution in [0.2, 0.25) is 0 Å². The normalized spacial score (nSPS) is 11.9. The van der Waals surface area contributed by atoms with E-state index in [1.54, 1.807) is 36.4 Å². The van der Waals surface area contributed by atoms with Gasteiger partial charge in [0.1, 0.15) is 11.6 Å². The third-order valence-electron chi connectivity index (χ3n) is 3.61. The molecule has 0 bridgehead atoms. The van der Waals surface area contributed by atoms with Crippen molar-refractivity contribution in [1.29, 1.82) is 0 Å². The number of rotatable bonds is 5. The van der Waals surface area contributed by atoms with Crippen LogP contribution < -0.4 is 5.32 Å². The molecular weight excluding hydrogens is 325 g/mol. The fraction of sp³-hybridized carbons (Fsp3) is 0.105. The van der Waals surface area contributed by atoms with Crippen molar-refractivity contribution in [1.82, 2.24) is 5.32 Å². The molecular formula is C19H16FNO2S. The molecule has 1 atom stereocenters. The Hall–Kier alpha value is -2.66. The summed E-state index contributed by atoms with van der Waals surface area (Å²) in [4.78, 5) is 13.4. The average molecular weight is 341 g/mol. The van der Waals surface area contributed by atoms with Crippen LogP contribution >= 0.6 is 11.3 Å². The summed E-state index contributed by atoms with van der Waals surface area (Å²) >= 11 is 1.53. The predicted octanol–water partition coefficient (Wildman–Crippen LogP) is 4.04. The first-order valence-electron chi connectivity index (χ1n) is 7.48. The number of halogens is 1. The summed E-state index contributed by atoms with van der Waals surface area (Å²) in [5.41, 5.74) is 1.56. The number of phenols is 1. The number of hydrogen-bond acceptors (Lipinski definition) is 3. The standard InChI is InChI=1S/C19H16FNO2S/c20-15-8-6-14(7-9-15)19(17-5-2-10-24-17)21-18(23)12-13-3-1-4-16(22)11-13/h1-11,19,22H,12H2,(H,21,23). The van der Waals surface area contributed by atoms with E-state index in [0.29, 0.717) is 0 Å². The quantitative estimate of drug-likeness (QED) is 0.736. The highest BCUT2D eigenvalue weighted by Gasteiger charge is 2.18. The Kier molecular flexibility index (Phi) is 4.91. The maximum atomic E-state index is 13.2. The topological polar surface area (TPSA) is 49.3 Å². The van der Waals surface area contributed by atoms with Gasteiger partial charge in [-0.3, -0.25) is 4.79 Å². The largest absolute Gasteiger partial charge is 0.508 e. The third kappa shape index (κ3) is 4.00. The van der Waals surface area contributed by atoms with Crippen LogP contribution in [0.4, 0.5) is 4.39 Å². The Balaban J connectivity index is 1.79. The van der Waals surface area contributed by atoms with Crippen LogP contribution in [0.1, 0.15) is 22.0 Å². The minimum Gasteiger partial charge on any atom is -0.508 e. The highest BCUT2D eigenvalue weighted by Crippen LogP contribution is 2.26. The molecule has 24 heavy (non-hydrogen) atoms. The van der Waals surface area contributed by atoms with Crippen molar-refractivity contribution in [2.75, 3.05) is 0 Å². The minimum absolute atomic E-state index is 0.133. The first-order valence-corrected chi connectivity index (χ1v) is 8.36. The number of nitrogens with one attached hydrogen (secondary N) is 1. The van der Waals surface area contributed by atoms with Gasteiger partial charge in [0.25, 0.3) is 0 Å². The molecule has 3 nitrogen and oxygen atoms in total. The number of thiophene rings is 1. The fourth-order valence-corrected chi connectivity index (χ4v) is 3.30. The second-order valence-corrected chi connectivity index (χ2v) is 6.39. The summed E-state index contributed by atoms with van der Waals surface area (Å²) in [6.07, 6.45) is 0.164. The Labute approximate surface area is 143 Å². The summed E-state index contributed by atoms with van der Waals surface area (Å²) < 4.78 is 13.2. The van der Waals surface area contributed by atoms with E-state index in [9.17, 15) is 14.3 Å². The third-order valence-corrected chi connectivity index (χ3v) is 4.55. The number of phenolic OH excluding ortho intramolecular Hbond substituents is 1. The van der Waals surface area contributed by atoms with Crippen LogP contribution in [0.25, 0.3) is 0 Å². The molecule has 0 aliphatic heterocycles. The molecule has 0 aliphatic carbocycles. The van der Waals surface area contributed by atoms with Gasteiger partial charge in [-0.15, -0.1) is 11.3 Å². The smallest absolute Gasteiger partial charge is 0.225 e. The molecule has 0 saturated heterocycles. The number of benzene rings is 2. The zero-order valence-corrected chi connectivity index (χ0v) is 13.6. The molecule has 0 aliphatic rings. The van der Waals surface area contributed by atoms with Crippen molar-refractivity contribution in [2.24, 2.45) is 0 Å². The van der Waals surface area contributed by atoms with Crippen LogP contribution in [0.5, 0.6) is 5.75 Å². The van der Waals surface area contributed by atoms with Crippen LogP contribution in [0.15, 0.2) is 66.0 Å². The van der Waals surface area contributed by atoms with Crippen molar-refractivity contribution < 1.29 is 14.3 Å². The van der Waals surface area contributed by atoms with E-state index in [4.69, 9.17) is 0 Å². The molecule has 1 aromatic heterocycles. The van der Waals surface area contributed by atoms with Gasteiger partial charge in [0.2, 0.25) is 5.91 Å². The monoisotopic (exact) mass is 341 g/mol. The lowest BCUT2D eigenvalue weighted by molar-refractivity contribution is -0.120. The van der Waals surface area contributed by atoms with Gasteiger partial charge in [-0.25, -0.2) is 4.39 Å². The molecule has 0 radical (unpaired) electrons. The van der Waals surface area contributed by atoms with E-state index in [2.05, 4.69) is 5.32 Å². The highest BCUT2D eigenvalue weighted by molar-refractivity contribution is 7.10. The molecule has 0 spiro atoms. The van der Waals surface area contributed by atoms with E-state index in [1.165, 1.54) is 23.5 Å². The zero-order chi connectivity index (χ0) is 16.9. The second kappa shape index (κ2) is 7.27. The predicted molar refractivity (Wildman–Crippen MR) is 92.5 cm³/mol. The number of hydrogen-bond donors (Lipinski definition) is 2. The summed E-state index contributed by atoms with van der Waals surface area (Å²) in [5, 5.41) is 14.4. The fourth-order valence-electron chi connectivity index (χ4n) is 2.49. The van der Waals surface area contributed by atoms with E-state index >= 15 is 0 Å². The van der Waals surface area contributed by atoms with Gasteiger partial charge in [-0.2, -0.15) is 0 Å². The van der Waals surface area contributed by atoms with Gasteiger partial charge in [-0.1, -0.05) is 30.3 Å².